The number of phosphoric acid groups is 1. The number of esters is 2. The summed E-state index contributed by atoms with van der Waals surface area (Å²) in [5, 5.41) is 59.9. The van der Waals surface area contributed by atoms with Crippen LogP contribution >= 0.6 is 7.82 Å². The van der Waals surface area contributed by atoms with Gasteiger partial charge in [-0.05, 0) is 77.0 Å². The van der Waals surface area contributed by atoms with Crippen molar-refractivity contribution in [1.82, 2.24) is 0 Å². The van der Waals surface area contributed by atoms with Crippen LogP contribution in [-0.2, 0) is 32.7 Å². The Balaban J connectivity index is 2.52. The second-order valence-electron chi connectivity index (χ2n) is 16.1. The molecule has 0 saturated heterocycles. The van der Waals surface area contributed by atoms with Crippen molar-refractivity contribution in [3.63, 3.8) is 0 Å². The zero-order valence-electron chi connectivity index (χ0n) is 37.5. The number of hydrogen-bond donors (Lipinski definition) is 7. The maximum atomic E-state index is 12.8. The monoisotopic (exact) mass is 901 g/mol. The molecule has 15 heteroatoms. The van der Waals surface area contributed by atoms with Gasteiger partial charge in [-0.1, -0.05) is 132 Å². The van der Waals surface area contributed by atoms with Gasteiger partial charge in [0.2, 0.25) is 0 Å². The molecule has 1 saturated carbocycles. The normalized spacial score (nSPS) is 22.9. The van der Waals surface area contributed by atoms with E-state index in [4.69, 9.17) is 18.5 Å². The number of aliphatic hydroxyl groups is 6. The largest absolute Gasteiger partial charge is 0.472 e. The van der Waals surface area contributed by atoms with E-state index in [1.54, 1.807) is 0 Å². The third-order valence-electron chi connectivity index (χ3n) is 10.4. The smallest absolute Gasteiger partial charge is 0.462 e. The minimum atomic E-state index is -5.14. The average molecular weight is 901 g/mol. The highest BCUT2D eigenvalue weighted by atomic mass is 31.2. The van der Waals surface area contributed by atoms with E-state index in [-0.39, 0.29) is 18.9 Å². The molecule has 62 heavy (non-hydrogen) atoms. The second-order valence-corrected chi connectivity index (χ2v) is 17.5. The minimum absolute atomic E-state index is 0.00308. The maximum absolute atomic E-state index is 12.8. The fourth-order valence-corrected chi connectivity index (χ4v) is 7.61. The summed E-state index contributed by atoms with van der Waals surface area (Å²) in [5.41, 5.74) is 0. The Bertz CT molecular complexity index is 1330. The zero-order chi connectivity index (χ0) is 45.9. The summed E-state index contributed by atoms with van der Waals surface area (Å²) < 4.78 is 33.4. The molecule has 9 atom stereocenters. The molecule has 1 fully saturated rings. The van der Waals surface area contributed by atoms with Gasteiger partial charge in [-0.3, -0.25) is 18.6 Å². The summed E-state index contributed by atoms with van der Waals surface area (Å²) in [6.45, 7) is 3.03. The predicted molar refractivity (Wildman–Crippen MR) is 241 cm³/mol. The molecule has 0 amide bonds. The topological polar surface area (TPSA) is 230 Å². The molecule has 0 bridgehead atoms. The summed E-state index contributed by atoms with van der Waals surface area (Å²) in [6.07, 6.45) is 27.6. The molecule has 0 aromatic rings. The van der Waals surface area contributed by atoms with E-state index in [2.05, 4.69) is 50.3 Å². The Kier molecular flexibility index (Phi) is 34.2. The summed E-state index contributed by atoms with van der Waals surface area (Å²) in [6, 6.07) is 0. The van der Waals surface area contributed by atoms with Crippen molar-refractivity contribution in [3.05, 3.63) is 60.8 Å². The van der Waals surface area contributed by atoms with Crippen LogP contribution in [0.25, 0.3) is 0 Å². The highest BCUT2D eigenvalue weighted by Gasteiger charge is 2.51. The predicted octanol–water partition coefficient (Wildman–Crippen LogP) is 7.92. The van der Waals surface area contributed by atoms with Crippen LogP contribution in [0.3, 0.4) is 0 Å². The molecule has 0 aliphatic heterocycles. The second kappa shape index (κ2) is 36.8. The number of carbonyl (C=O) groups is 2. The maximum Gasteiger partial charge on any atom is 0.472 e. The molecule has 1 rings (SSSR count). The molecule has 358 valence electrons. The highest BCUT2D eigenvalue weighted by Crippen LogP contribution is 2.47. The molecular formula is C47H81O14P. The summed E-state index contributed by atoms with van der Waals surface area (Å²) >= 11 is 0. The molecule has 1 aliphatic rings. The molecule has 7 N–H and O–H groups in total. The summed E-state index contributed by atoms with van der Waals surface area (Å²) in [5.74, 6) is -1.19. The highest BCUT2D eigenvalue weighted by molar-refractivity contribution is 7.47. The molecule has 14 nitrogen and oxygen atoms in total. The third-order valence-corrected chi connectivity index (χ3v) is 11.4. The molecule has 0 aromatic carbocycles. The first-order chi connectivity index (χ1) is 29.8. The van der Waals surface area contributed by atoms with Gasteiger partial charge in [-0.25, -0.2) is 4.57 Å². The lowest BCUT2D eigenvalue weighted by atomic mass is 9.85. The van der Waals surface area contributed by atoms with Gasteiger partial charge in [0.25, 0.3) is 0 Å². The fraction of sp³-hybridized carbons (Fsp3) is 0.745. The van der Waals surface area contributed by atoms with E-state index in [1.807, 2.05) is 24.3 Å². The van der Waals surface area contributed by atoms with Crippen LogP contribution in [0, 0.1) is 0 Å². The van der Waals surface area contributed by atoms with Crippen molar-refractivity contribution >= 4 is 19.8 Å². The van der Waals surface area contributed by atoms with Crippen molar-refractivity contribution in [2.24, 2.45) is 0 Å². The number of aliphatic hydroxyl groups excluding tert-OH is 6. The molecule has 1 aliphatic carbocycles. The minimum Gasteiger partial charge on any atom is -0.462 e. The number of rotatable bonds is 37. The van der Waals surface area contributed by atoms with E-state index in [0.717, 1.165) is 70.6 Å². The summed E-state index contributed by atoms with van der Waals surface area (Å²) in [7, 11) is -5.14. The number of allylic oxidation sites excluding steroid dienone is 9. The van der Waals surface area contributed by atoms with E-state index in [9.17, 15) is 49.7 Å². The molecule has 0 radical (unpaired) electrons. The van der Waals surface area contributed by atoms with Crippen LogP contribution < -0.4 is 0 Å². The van der Waals surface area contributed by atoms with Crippen molar-refractivity contribution in [2.75, 3.05) is 13.2 Å². The number of unbranched alkanes of at least 4 members (excludes halogenated alkanes) is 12. The van der Waals surface area contributed by atoms with Gasteiger partial charge in [0.05, 0.1) is 12.7 Å². The molecular weight excluding hydrogens is 819 g/mol. The Morgan fingerprint density at radius 1 is 0.565 bits per heavy atom. The quantitative estimate of drug-likeness (QED) is 0.0136. The van der Waals surface area contributed by atoms with Gasteiger partial charge in [0.1, 0.15) is 43.2 Å². The van der Waals surface area contributed by atoms with Crippen molar-refractivity contribution < 1.29 is 68.2 Å². The van der Waals surface area contributed by atoms with Gasteiger partial charge in [-0.2, -0.15) is 0 Å². The van der Waals surface area contributed by atoms with Crippen LogP contribution in [0.5, 0.6) is 0 Å². The van der Waals surface area contributed by atoms with Crippen molar-refractivity contribution in [1.29, 1.82) is 0 Å². The number of hydrogen-bond acceptors (Lipinski definition) is 13. The van der Waals surface area contributed by atoms with Gasteiger partial charge >= 0.3 is 19.8 Å². The van der Waals surface area contributed by atoms with E-state index in [0.29, 0.717) is 25.7 Å². The van der Waals surface area contributed by atoms with Crippen LogP contribution in [-0.4, -0.2) is 110 Å². The number of phosphoric ester groups is 1. The lowest BCUT2D eigenvalue weighted by Crippen LogP contribution is -2.64. The molecule has 4 unspecified atom stereocenters. The Morgan fingerprint density at radius 3 is 1.61 bits per heavy atom. The van der Waals surface area contributed by atoms with Crippen molar-refractivity contribution in [2.45, 2.75) is 210 Å². The Morgan fingerprint density at radius 2 is 1.03 bits per heavy atom. The van der Waals surface area contributed by atoms with E-state index < -0.39 is 75.7 Å². The van der Waals surface area contributed by atoms with Crippen LogP contribution in [0.1, 0.15) is 162 Å². The van der Waals surface area contributed by atoms with Gasteiger partial charge in [0, 0.05) is 12.8 Å². The van der Waals surface area contributed by atoms with E-state index in [1.165, 1.54) is 38.5 Å². The lowest BCUT2D eigenvalue weighted by Gasteiger charge is -2.41. The lowest BCUT2D eigenvalue weighted by molar-refractivity contribution is -0.220. The van der Waals surface area contributed by atoms with Crippen LogP contribution in [0.2, 0.25) is 0 Å². The molecule has 0 aromatic heterocycles. The van der Waals surface area contributed by atoms with Crippen molar-refractivity contribution in [3.8, 4) is 0 Å². The van der Waals surface area contributed by atoms with Crippen LogP contribution in [0.4, 0.5) is 0 Å². The Labute approximate surface area is 371 Å². The third kappa shape index (κ3) is 29.1. The fourth-order valence-electron chi connectivity index (χ4n) is 6.64. The van der Waals surface area contributed by atoms with E-state index >= 15 is 0 Å². The Hall–Kier alpha value is -2.49. The first-order valence-electron chi connectivity index (χ1n) is 23.2. The zero-order valence-corrected chi connectivity index (χ0v) is 38.4. The molecule has 0 heterocycles. The van der Waals surface area contributed by atoms with Gasteiger partial charge < -0.3 is 45.0 Å². The SMILES string of the molecule is CCCCCC/C=C\CCCCCCCCCC(=O)OC[C@H](COP(=O)(O)OC1[C@H](O)[C@H](O)C(O)[C@H](O)[C@H]1O)OC(=O)CCC/C=C\C/C=C\C/C=C\C/C=C\CC(O)CCC. The molecule has 0 spiro atoms. The van der Waals surface area contributed by atoms with Gasteiger partial charge in [-0.15, -0.1) is 0 Å². The average Bonchev–Trinajstić information content (AvgIpc) is 3.24. The van der Waals surface area contributed by atoms with Gasteiger partial charge in [0.15, 0.2) is 6.10 Å². The first kappa shape index (κ1) is 57.5. The number of ether oxygens (including phenoxy) is 2. The standard InChI is InChI=1S/C47H81O14P/c1-3-5-6-7-8-9-10-11-12-15-18-21-24-27-30-34-40(49)58-36-39(37-59-62(56,57)61-47-45(54)43(52)42(51)44(53)46(47)55)60-41(50)35-31-28-25-22-19-16-13-14-17-20-23-26-29-33-38(48)32-4-2/h9-10,13,16-17,20,22,25-26,29,38-39,42-48,51-55H,3-8,11-12,14-15,18-19,21,23-24,27-28,30-37H2,1-2H3,(H,56,57)/b10-9-,16-13-,20-17-,25-22-,29-26-/t38?,39-,42?,43-,44+,45-,46-,47?/m1/s1. The first-order valence-corrected chi connectivity index (χ1v) is 24.7. The summed E-state index contributed by atoms with van der Waals surface area (Å²) in [4.78, 5) is 35.7. The van der Waals surface area contributed by atoms with Crippen LogP contribution in [0.15, 0.2) is 60.8 Å². The number of carbonyl (C=O) groups excluding carboxylic acids is 2.